The zero-order valence-corrected chi connectivity index (χ0v) is 11.6. The van der Waals surface area contributed by atoms with Gasteiger partial charge in [0.25, 0.3) is 0 Å². The first kappa shape index (κ1) is 14.3. The third kappa shape index (κ3) is 3.94. The smallest absolute Gasteiger partial charge is 0.101 e. The molecule has 0 spiro atoms. The first-order chi connectivity index (χ1) is 8.43. The Bertz CT molecular complexity index is 432. The third-order valence-electron chi connectivity index (χ3n) is 2.89. The van der Waals surface area contributed by atoms with Gasteiger partial charge in [-0.3, -0.25) is 0 Å². The highest BCUT2D eigenvalue weighted by molar-refractivity contribution is 5.62. The van der Waals surface area contributed by atoms with Crippen molar-refractivity contribution in [1.29, 1.82) is 5.26 Å². The van der Waals surface area contributed by atoms with Gasteiger partial charge >= 0.3 is 0 Å². The van der Waals surface area contributed by atoms with Crippen LogP contribution in [-0.4, -0.2) is 31.6 Å². The molecule has 0 aliphatic heterocycles. The lowest BCUT2D eigenvalue weighted by atomic mass is 10.0. The molecule has 0 amide bonds. The van der Waals surface area contributed by atoms with Crippen molar-refractivity contribution in [2.45, 2.75) is 19.9 Å². The largest absolute Gasteiger partial charge is 0.398 e. The van der Waals surface area contributed by atoms with Gasteiger partial charge in [-0.1, -0.05) is 13.8 Å². The fourth-order valence-electron chi connectivity index (χ4n) is 1.78. The molecule has 18 heavy (non-hydrogen) atoms. The van der Waals surface area contributed by atoms with Gasteiger partial charge in [0, 0.05) is 18.3 Å². The van der Waals surface area contributed by atoms with Crippen LogP contribution in [0.5, 0.6) is 0 Å². The first-order valence-corrected chi connectivity index (χ1v) is 6.15. The second-order valence-corrected chi connectivity index (χ2v) is 5.17. The lowest BCUT2D eigenvalue weighted by Crippen LogP contribution is -2.36. The molecule has 0 bridgehead atoms. The van der Waals surface area contributed by atoms with Crippen molar-refractivity contribution in [3.8, 4) is 6.07 Å². The molecule has 1 atom stereocenters. The number of benzene rings is 1. The Morgan fingerprint density at radius 2 is 2.06 bits per heavy atom. The van der Waals surface area contributed by atoms with E-state index >= 15 is 0 Å². The van der Waals surface area contributed by atoms with Gasteiger partial charge in [-0.25, -0.2) is 0 Å². The molecule has 0 aliphatic rings. The molecule has 1 aromatic carbocycles. The fraction of sp³-hybridized carbons (Fsp3) is 0.500. The maximum Gasteiger partial charge on any atom is 0.101 e. The molecular formula is C14H22N4. The van der Waals surface area contributed by atoms with Gasteiger partial charge in [0.05, 0.1) is 11.3 Å². The molecule has 0 radical (unpaired) electrons. The van der Waals surface area contributed by atoms with Crippen LogP contribution in [0.2, 0.25) is 0 Å². The van der Waals surface area contributed by atoms with Crippen LogP contribution < -0.4 is 11.1 Å². The average molecular weight is 246 g/mol. The summed E-state index contributed by atoms with van der Waals surface area (Å²) in [6.07, 6.45) is 0. The van der Waals surface area contributed by atoms with Crippen LogP contribution in [0, 0.1) is 17.2 Å². The number of hydrogen-bond donors (Lipinski definition) is 2. The van der Waals surface area contributed by atoms with Gasteiger partial charge in [-0.05, 0) is 38.2 Å². The van der Waals surface area contributed by atoms with Crippen LogP contribution in [-0.2, 0) is 0 Å². The minimum absolute atomic E-state index is 0.354. The summed E-state index contributed by atoms with van der Waals surface area (Å²) in [4.78, 5) is 2.16. The van der Waals surface area contributed by atoms with Crippen LogP contribution in [0.25, 0.3) is 0 Å². The van der Waals surface area contributed by atoms with E-state index in [2.05, 4.69) is 44.2 Å². The molecule has 4 nitrogen and oxygen atoms in total. The Labute approximate surface area is 109 Å². The van der Waals surface area contributed by atoms with Crippen molar-refractivity contribution in [3.05, 3.63) is 23.8 Å². The Kier molecular flexibility index (Phi) is 4.99. The van der Waals surface area contributed by atoms with Crippen LogP contribution >= 0.6 is 0 Å². The van der Waals surface area contributed by atoms with Gasteiger partial charge in [-0.15, -0.1) is 0 Å². The summed E-state index contributed by atoms with van der Waals surface area (Å²) in [5, 5.41) is 12.3. The van der Waals surface area contributed by atoms with Crippen molar-refractivity contribution in [2.75, 3.05) is 31.7 Å². The molecule has 1 unspecified atom stereocenters. The van der Waals surface area contributed by atoms with E-state index < -0.39 is 0 Å². The lowest BCUT2D eigenvalue weighted by Gasteiger charge is -2.26. The number of nitrogens with zero attached hydrogens (tertiary/aromatic N) is 2. The first-order valence-electron chi connectivity index (χ1n) is 6.15. The SMILES string of the molecule is CC(C)C(CN(C)C)Nc1ccc(C#N)c(N)c1. The molecule has 0 aromatic heterocycles. The van der Waals surface area contributed by atoms with Crippen molar-refractivity contribution in [1.82, 2.24) is 4.90 Å². The van der Waals surface area contributed by atoms with Gasteiger partial charge in [0.15, 0.2) is 0 Å². The van der Waals surface area contributed by atoms with Gasteiger partial charge in [0.2, 0.25) is 0 Å². The lowest BCUT2D eigenvalue weighted by molar-refractivity contribution is 0.344. The van der Waals surface area contributed by atoms with Crippen molar-refractivity contribution in [2.24, 2.45) is 5.92 Å². The molecule has 1 aromatic rings. The number of rotatable bonds is 5. The third-order valence-corrected chi connectivity index (χ3v) is 2.89. The summed E-state index contributed by atoms with van der Waals surface area (Å²) in [5.74, 6) is 0.518. The summed E-state index contributed by atoms with van der Waals surface area (Å²) >= 11 is 0. The number of nitrogens with two attached hydrogens (primary N) is 1. The Morgan fingerprint density at radius 3 is 2.50 bits per heavy atom. The predicted molar refractivity (Wildman–Crippen MR) is 76.4 cm³/mol. The summed E-state index contributed by atoms with van der Waals surface area (Å²) in [5.41, 5.74) is 7.82. The zero-order chi connectivity index (χ0) is 13.7. The van der Waals surface area contributed by atoms with Crippen molar-refractivity contribution < 1.29 is 0 Å². The molecule has 98 valence electrons. The molecule has 0 aliphatic carbocycles. The molecular weight excluding hydrogens is 224 g/mol. The molecule has 3 N–H and O–H groups in total. The highest BCUT2D eigenvalue weighted by Gasteiger charge is 2.14. The van der Waals surface area contributed by atoms with Gasteiger partial charge < -0.3 is 16.0 Å². The molecule has 0 heterocycles. The fourth-order valence-corrected chi connectivity index (χ4v) is 1.78. The summed E-state index contributed by atoms with van der Waals surface area (Å²) < 4.78 is 0. The highest BCUT2D eigenvalue weighted by Crippen LogP contribution is 2.19. The van der Waals surface area contributed by atoms with E-state index in [1.807, 2.05) is 12.1 Å². The summed E-state index contributed by atoms with van der Waals surface area (Å²) in [6, 6.07) is 7.90. The van der Waals surface area contributed by atoms with Crippen LogP contribution in [0.1, 0.15) is 19.4 Å². The number of hydrogen-bond acceptors (Lipinski definition) is 4. The van der Waals surface area contributed by atoms with E-state index in [9.17, 15) is 0 Å². The monoisotopic (exact) mass is 246 g/mol. The molecule has 1 rings (SSSR count). The number of anilines is 2. The van der Waals surface area contributed by atoms with Crippen LogP contribution in [0.15, 0.2) is 18.2 Å². The molecule has 0 fully saturated rings. The van der Waals surface area contributed by atoms with Crippen LogP contribution in [0.3, 0.4) is 0 Å². The Balaban J connectivity index is 2.81. The van der Waals surface area contributed by atoms with Crippen molar-refractivity contribution >= 4 is 11.4 Å². The van der Waals surface area contributed by atoms with E-state index in [0.29, 0.717) is 23.2 Å². The standard InChI is InChI=1S/C14H22N4/c1-10(2)14(9-18(3)4)17-12-6-5-11(8-15)13(16)7-12/h5-7,10,14,17H,9,16H2,1-4H3. The Morgan fingerprint density at radius 1 is 1.39 bits per heavy atom. The Hall–Kier alpha value is -1.73. The number of nitrogens with one attached hydrogen (secondary N) is 1. The summed E-state index contributed by atoms with van der Waals surface area (Å²) in [6.45, 7) is 5.33. The quantitative estimate of drug-likeness (QED) is 0.781. The number of likely N-dealkylation sites (N-methyl/N-ethyl adjacent to an activating group) is 1. The maximum absolute atomic E-state index is 8.84. The summed E-state index contributed by atoms with van der Waals surface area (Å²) in [7, 11) is 4.12. The van der Waals surface area contributed by atoms with Crippen molar-refractivity contribution in [3.63, 3.8) is 0 Å². The normalized spacial score (nSPS) is 12.5. The topological polar surface area (TPSA) is 65.1 Å². The second kappa shape index (κ2) is 6.27. The average Bonchev–Trinajstić information content (AvgIpc) is 2.27. The molecule has 4 heteroatoms. The second-order valence-electron chi connectivity index (χ2n) is 5.17. The van der Waals surface area contributed by atoms with E-state index in [0.717, 1.165) is 12.2 Å². The van der Waals surface area contributed by atoms with Gasteiger partial charge in [-0.2, -0.15) is 5.26 Å². The molecule has 0 saturated carbocycles. The number of nitriles is 1. The van der Waals surface area contributed by atoms with Gasteiger partial charge in [0.1, 0.15) is 6.07 Å². The van der Waals surface area contributed by atoms with Crippen LogP contribution in [0.4, 0.5) is 11.4 Å². The predicted octanol–water partition coefficient (Wildman–Crippen LogP) is 2.14. The van der Waals surface area contributed by atoms with E-state index in [1.54, 1.807) is 6.07 Å². The maximum atomic E-state index is 8.84. The molecule has 0 saturated heterocycles. The minimum Gasteiger partial charge on any atom is -0.398 e. The number of nitrogen functional groups attached to an aromatic ring is 1. The highest BCUT2D eigenvalue weighted by atomic mass is 15.1. The van der Waals surface area contributed by atoms with E-state index in [-0.39, 0.29) is 0 Å². The minimum atomic E-state index is 0.354. The van der Waals surface area contributed by atoms with E-state index in [4.69, 9.17) is 11.0 Å². The zero-order valence-electron chi connectivity index (χ0n) is 11.6. The van der Waals surface area contributed by atoms with E-state index in [1.165, 1.54) is 0 Å².